The van der Waals surface area contributed by atoms with Gasteiger partial charge in [-0.1, -0.05) is 44.2 Å². The van der Waals surface area contributed by atoms with Crippen molar-refractivity contribution in [1.29, 1.82) is 5.26 Å². The molecule has 1 aliphatic rings. The van der Waals surface area contributed by atoms with E-state index in [9.17, 15) is 19.6 Å². The SMILES string of the molecule is CC(C)C[C@H](NC(=O)N1CCOCC1)C(=O)N[C@H](C#N)CC(=O)OCc1ccccc1. The van der Waals surface area contributed by atoms with Gasteiger partial charge in [-0.3, -0.25) is 9.59 Å². The van der Waals surface area contributed by atoms with Gasteiger partial charge in [-0.2, -0.15) is 5.26 Å². The number of nitrogens with zero attached hydrogens (tertiary/aromatic N) is 2. The summed E-state index contributed by atoms with van der Waals surface area (Å²) in [5.74, 6) is -0.955. The van der Waals surface area contributed by atoms with Crippen molar-refractivity contribution >= 4 is 17.9 Å². The summed E-state index contributed by atoms with van der Waals surface area (Å²) in [5.41, 5.74) is 0.830. The Bertz CT molecular complexity index is 772. The second-order valence-electron chi connectivity index (χ2n) is 7.77. The lowest BCUT2D eigenvalue weighted by molar-refractivity contribution is -0.145. The molecule has 9 heteroatoms. The number of carbonyl (C=O) groups excluding carboxylic acids is 3. The van der Waals surface area contributed by atoms with E-state index >= 15 is 0 Å². The monoisotopic (exact) mass is 430 g/mol. The third-order valence-electron chi connectivity index (χ3n) is 4.71. The third-order valence-corrected chi connectivity index (χ3v) is 4.71. The van der Waals surface area contributed by atoms with Crippen LogP contribution in [-0.4, -0.2) is 61.2 Å². The third kappa shape index (κ3) is 8.64. The van der Waals surface area contributed by atoms with Crippen LogP contribution in [0.25, 0.3) is 0 Å². The molecule has 1 saturated heterocycles. The molecule has 168 valence electrons. The molecular formula is C22H30N4O5. The number of esters is 1. The van der Waals surface area contributed by atoms with Crippen molar-refractivity contribution in [2.45, 2.75) is 45.4 Å². The van der Waals surface area contributed by atoms with E-state index in [0.717, 1.165) is 5.56 Å². The van der Waals surface area contributed by atoms with Gasteiger partial charge in [0.25, 0.3) is 0 Å². The van der Waals surface area contributed by atoms with Crippen LogP contribution >= 0.6 is 0 Å². The standard InChI is InChI=1S/C22H30N4O5/c1-16(2)12-19(25-22(29)26-8-10-30-11-9-26)21(28)24-18(14-23)13-20(27)31-15-17-6-4-3-5-7-17/h3-7,16,18-19H,8-13,15H2,1-2H3,(H,24,28)(H,25,29)/t18-,19-/m0/s1. The summed E-state index contributed by atoms with van der Waals surface area (Å²) >= 11 is 0. The minimum absolute atomic E-state index is 0.0946. The van der Waals surface area contributed by atoms with E-state index in [4.69, 9.17) is 9.47 Å². The van der Waals surface area contributed by atoms with E-state index in [0.29, 0.717) is 32.7 Å². The van der Waals surface area contributed by atoms with Gasteiger partial charge < -0.3 is 25.0 Å². The molecule has 0 aliphatic carbocycles. The van der Waals surface area contributed by atoms with E-state index in [2.05, 4.69) is 10.6 Å². The van der Waals surface area contributed by atoms with Gasteiger partial charge in [0.1, 0.15) is 18.7 Å². The van der Waals surface area contributed by atoms with E-state index < -0.39 is 24.0 Å². The fraction of sp³-hybridized carbons (Fsp3) is 0.545. The highest BCUT2D eigenvalue weighted by Gasteiger charge is 2.27. The summed E-state index contributed by atoms with van der Waals surface area (Å²) in [5, 5.41) is 14.7. The number of hydrogen-bond acceptors (Lipinski definition) is 6. The first-order valence-corrected chi connectivity index (χ1v) is 10.4. The maximum absolute atomic E-state index is 12.8. The summed E-state index contributed by atoms with van der Waals surface area (Å²) in [6, 6.07) is 8.88. The van der Waals surface area contributed by atoms with Crippen molar-refractivity contribution < 1.29 is 23.9 Å². The van der Waals surface area contributed by atoms with Gasteiger partial charge in [-0.05, 0) is 17.9 Å². The second kappa shape index (κ2) is 12.5. The first kappa shape index (κ1) is 24.2. The molecular weight excluding hydrogens is 400 g/mol. The molecule has 0 unspecified atom stereocenters. The van der Waals surface area contributed by atoms with Crippen LogP contribution in [0.15, 0.2) is 30.3 Å². The number of rotatable bonds is 9. The highest BCUT2D eigenvalue weighted by atomic mass is 16.5. The first-order valence-electron chi connectivity index (χ1n) is 10.4. The number of ether oxygens (including phenoxy) is 2. The lowest BCUT2D eigenvalue weighted by atomic mass is 10.0. The maximum atomic E-state index is 12.8. The quantitative estimate of drug-likeness (QED) is 0.574. The summed E-state index contributed by atoms with van der Waals surface area (Å²) in [6.45, 7) is 5.78. The van der Waals surface area contributed by atoms with Crippen molar-refractivity contribution in [3.05, 3.63) is 35.9 Å². The van der Waals surface area contributed by atoms with Gasteiger partial charge in [0.15, 0.2) is 0 Å². The smallest absolute Gasteiger partial charge is 0.318 e. The molecule has 0 bridgehead atoms. The normalized spacial score (nSPS) is 15.5. The predicted octanol–water partition coefficient (Wildman–Crippen LogP) is 1.58. The van der Waals surface area contributed by atoms with Crippen LogP contribution < -0.4 is 10.6 Å². The highest BCUT2D eigenvalue weighted by molar-refractivity contribution is 5.87. The van der Waals surface area contributed by atoms with Crippen LogP contribution in [0.1, 0.15) is 32.3 Å². The molecule has 1 aromatic carbocycles. The van der Waals surface area contributed by atoms with Crippen molar-refractivity contribution in [2.75, 3.05) is 26.3 Å². The Balaban J connectivity index is 1.88. The molecule has 0 spiro atoms. The van der Waals surface area contributed by atoms with E-state index in [1.807, 2.05) is 50.2 Å². The zero-order chi connectivity index (χ0) is 22.6. The number of nitrogens with one attached hydrogen (secondary N) is 2. The summed E-state index contributed by atoms with van der Waals surface area (Å²) in [7, 11) is 0. The number of urea groups is 1. The summed E-state index contributed by atoms with van der Waals surface area (Å²) in [6.07, 6.45) is 0.124. The second-order valence-corrected chi connectivity index (χ2v) is 7.77. The first-order chi connectivity index (χ1) is 14.9. The van der Waals surface area contributed by atoms with Crippen LogP contribution in [0.4, 0.5) is 4.79 Å². The largest absolute Gasteiger partial charge is 0.461 e. The Morgan fingerprint density at radius 3 is 2.45 bits per heavy atom. The number of benzene rings is 1. The van der Waals surface area contributed by atoms with E-state index in [1.165, 1.54) is 0 Å². The molecule has 1 fully saturated rings. The van der Waals surface area contributed by atoms with Crippen LogP contribution in [-0.2, 0) is 25.7 Å². The molecule has 1 heterocycles. The number of amides is 3. The van der Waals surface area contributed by atoms with E-state index in [1.54, 1.807) is 4.90 Å². The topological polar surface area (TPSA) is 121 Å². The van der Waals surface area contributed by atoms with Gasteiger partial charge >= 0.3 is 12.0 Å². The molecule has 2 atom stereocenters. The van der Waals surface area contributed by atoms with E-state index in [-0.39, 0.29) is 25.0 Å². The minimum atomic E-state index is -1.05. The molecule has 0 aromatic heterocycles. The van der Waals surface area contributed by atoms with Crippen molar-refractivity contribution in [2.24, 2.45) is 5.92 Å². The number of nitriles is 1. The molecule has 0 radical (unpaired) electrons. The van der Waals surface area contributed by atoms with Gasteiger partial charge in [0, 0.05) is 13.1 Å². The Hall–Kier alpha value is -3.12. The molecule has 2 N–H and O–H groups in total. The molecule has 1 aliphatic heterocycles. The summed E-state index contributed by atoms with van der Waals surface area (Å²) < 4.78 is 10.4. The Morgan fingerprint density at radius 1 is 1.16 bits per heavy atom. The van der Waals surface area contributed by atoms with Crippen LogP contribution in [0.3, 0.4) is 0 Å². The van der Waals surface area contributed by atoms with Gasteiger partial charge in [-0.25, -0.2) is 4.79 Å². The number of hydrogen-bond donors (Lipinski definition) is 2. The van der Waals surface area contributed by atoms with Crippen molar-refractivity contribution in [1.82, 2.24) is 15.5 Å². The molecule has 31 heavy (non-hydrogen) atoms. The van der Waals surface area contributed by atoms with Gasteiger partial charge in [0.05, 0.1) is 25.7 Å². The highest BCUT2D eigenvalue weighted by Crippen LogP contribution is 2.08. The Morgan fingerprint density at radius 2 is 1.84 bits per heavy atom. The summed E-state index contributed by atoms with van der Waals surface area (Å²) in [4.78, 5) is 38.9. The fourth-order valence-electron chi connectivity index (χ4n) is 3.07. The lowest BCUT2D eigenvalue weighted by Gasteiger charge is -2.29. The molecule has 3 amide bonds. The molecule has 0 saturated carbocycles. The zero-order valence-corrected chi connectivity index (χ0v) is 18.0. The minimum Gasteiger partial charge on any atom is -0.461 e. The average Bonchev–Trinajstić information content (AvgIpc) is 2.77. The van der Waals surface area contributed by atoms with Crippen molar-refractivity contribution in [3.63, 3.8) is 0 Å². The molecule has 9 nitrogen and oxygen atoms in total. The molecule has 2 rings (SSSR count). The van der Waals surface area contributed by atoms with Crippen LogP contribution in [0, 0.1) is 17.2 Å². The Kier molecular flexibility index (Phi) is 9.78. The number of carbonyl (C=O) groups is 3. The average molecular weight is 431 g/mol. The molecule has 1 aromatic rings. The van der Waals surface area contributed by atoms with Crippen LogP contribution in [0.2, 0.25) is 0 Å². The van der Waals surface area contributed by atoms with Crippen molar-refractivity contribution in [3.8, 4) is 6.07 Å². The lowest BCUT2D eigenvalue weighted by Crippen LogP contribution is -2.55. The van der Waals surface area contributed by atoms with Gasteiger partial charge in [-0.15, -0.1) is 0 Å². The fourth-order valence-corrected chi connectivity index (χ4v) is 3.07. The van der Waals surface area contributed by atoms with Gasteiger partial charge in [0.2, 0.25) is 5.91 Å². The predicted molar refractivity (Wildman–Crippen MR) is 113 cm³/mol. The van der Waals surface area contributed by atoms with Crippen LogP contribution in [0.5, 0.6) is 0 Å². The zero-order valence-electron chi connectivity index (χ0n) is 18.0. The maximum Gasteiger partial charge on any atom is 0.318 e. The number of morpholine rings is 1. The Labute approximate surface area is 182 Å².